The van der Waals surface area contributed by atoms with Gasteiger partial charge in [-0.3, -0.25) is 0 Å². The van der Waals surface area contributed by atoms with Crippen LogP contribution >= 0.6 is 15.9 Å². The van der Waals surface area contributed by atoms with E-state index in [1.54, 1.807) is 6.07 Å². The molecule has 0 aliphatic heterocycles. The average Bonchev–Trinajstić information content (AvgIpc) is 3.05. The van der Waals surface area contributed by atoms with Crippen molar-refractivity contribution in [1.82, 2.24) is 14.5 Å². The molecule has 0 atom stereocenters. The van der Waals surface area contributed by atoms with Gasteiger partial charge in [-0.25, -0.2) is 18.1 Å². The zero-order valence-electron chi connectivity index (χ0n) is 13.9. The Morgan fingerprint density at radius 2 is 1.81 bits per heavy atom. The fourth-order valence-corrected chi connectivity index (χ4v) is 4.00. The lowest BCUT2D eigenvalue weighted by atomic mass is 10.2. The van der Waals surface area contributed by atoms with Crippen LogP contribution in [0.15, 0.2) is 76.4 Å². The van der Waals surface area contributed by atoms with Crippen molar-refractivity contribution >= 4 is 48.5 Å². The van der Waals surface area contributed by atoms with Crippen LogP contribution in [0, 0.1) is 0 Å². The predicted molar refractivity (Wildman–Crippen MR) is 108 cm³/mol. The van der Waals surface area contributed by atoms with Gasteiger partial charge in [0.1, 0.15) is 5.82 Å². The highest BCUT2D eigenvalue weighted by Crippen LogP contribution is 2.23. The van der Waals surface area contributed by atoms with E-state index < -0.39 is 10.0 Å². The Kier molecular flexibility index (Phi) is 4.33. The number of fused-ring (bicyclic) bond motifs is 1. The van der Waals surface area contributed by atoms with Gasteiger partial charge in [-0.1, -0.05) is 15.9 Å². The van der Waals surface area contributed by atoms with Gasteiger partial charge < -0.3 is 10.3 Å². The number of hydrogen-bond donors (Lipinski definition) is 2. The number of anilines is 2. The number of nitrogens with zero attached hydrogens (tertiary/aromatic N) is 3. The molecule has 0 radical (unpaired) electrons. The molecular weight excluding hydrogens is 430 g/mol. The standard InChI is InChI=1S/C18H14BrN5O2S/c19-13-1-6-16-12(11-13)8-10-24(16)17-7-9-21-18(22-17)23-27(25,26)15-4-2-14(20)3-5-15/h1-11H,20H2,(H,21,22,23). The Balaban J connectivity index is 1.69. The minimum absolute atomic E-state index is 0.0108. The van der Waals surface area contributed by atoms with E-state index in [1.807, 2.05) is 35.0 Å². The van der Waals surface area contributed by atoms with Gasteiger partial charge in [0.05, 0.1) is 10.4 Å². The van der Waals surface area contributed by atoms with Crippen LogP contribution in [0.25, 0.3) is 16.7 Å². The highest BCUT2D eigenvalue weighted by atomic mass is 79.9. The summed E-state index contributed by atoms with van der Waals surface area (Å²) in [5, 5.41) is 1.03. The molecule has 0 saturated carbocycles. The Bertz CT molecular complexity index is 1240. The summed E-state index contributed by atoms with van der Waals surface area (Å²) < 4.78 is 30.3. The van der Waals surface area contributed by atoms with Crippen LogP contribution < -0.4 is 10.5 Å². The van der Waals surface area contributed by atoms with Crippen molar-refractivity contribution in [1.29, 1.82) is 0 Å². The molecule has 0 fully saturated rings. The van der Waals surface area contributed by atoms with Crippen molar-refractivity contribution in [2.75, 3.05) is 10.5 Å². The van der Waals surface area contributed by atoms with Crippen LogP contribution in [-0.4, -0.2) is 23.0 Å². The van der Waals surface area contributed by atoms with Crippen molar-refractivity contribution in [3.05, 3.63) is 71.5 Å². The molecule has 0 unspecified atom stereocenters. The van der Waals surface area contributed by atoms with Crippen LogP contribution in [0.1, 0.15) is 0 Å². The van der Waals surface area contributed by atoms with Crippen molar-refractivity contribution in [3.8, 4) is 5.82 Å². The molecule has 0 aliphatic rings. The lowest BCUT2D eigenvalue weighted by Crippen LogP contribution is -2.15. The molecule has 0 saturated heterocycles. The second kappa shape index (κ2) is 6.67. The minimum atomic E-state index is -3.81. The predicted octanol–water partition coefficient (Wildman–Crippen LogP) is 3.57. The second-order valence-electron chi connectivity index (χ2n) is 5.80. The molecule has 4 rings (SSSR count). The molecule has 27 heavy (non-hydrogen) atoms. The molecule has 136 valence electrons. The van der Waals surface area contributed by atoms with Crippen LogP contribution in [-0.2, 0) is 10.0 Å². The lowest BCUT2D eigenvalue weighted by molar-refractivity contribution is 0.601. The second-order valence-corrected chi connectivity index (χ2v) is 8.40. The number of rotatable bonds is 4. The number of nitrogens with one attached hydrogen (secondary N) is 1. The topological polar surface area (TPSA) is 103 Å². The summed E-state index contributed by atoms with van der Waals surface area (Å²) in [5.74, 6) is 0.542. The van der Waals surface area contributed by atoms with E-state index in [-0.39, 0.29) is 10.8 Å². The number of aromatic nitrogens is 3. The van der Waals surface area contributed by atoms with Gasteiger partial charge in [0.25, 0.3) is 10.0 Å². The Morgan fingerprint density at radius 3 is 2.59 bits per heavy atom. The first-order valence-electron chi connectivity index (χ1n) is 7.91. The number of benzene rings is 2. The van der Waals surface area contributed by atoms with Crippen molar-refractivity contribution in [3.63, 3.8) is 0 Å². The normalized spacial score (nSPS) is 11.6. The van der Waals surface area contributed by atoms with Crippen LogP contribution in [0.2, 0.25) is 0 Å². The number of sulfonamides is 1. The van der Waals surface area contributed by atoms with Crippen LogP contribution in [0.5, 0.6) is 0 Å². The third kappa shape index (κ3) is 3.51. The molecular formula is C18H14BrN5O2S. The SMILES string of the molecule is Nc1ccc(S(=O)(=O)Nc2nccc(-n3ccc4cc(Br)ccc43)n2)cc1. The Labute approximate surface area is 164 Å². The first-order valence-corrected chi connectivity index (χ1v) is 10.2. The van der Waals surface area contributed by atoms with Gasteiger partial charge in [-0.15, -0.1) is 0 Å². The summed E-state index contributed by atoms with van der Waals surface area (Å²) in [7, 11) is -3.81. The molecule has 2 aromatic heterocycles. The zero-order chi connectivity index (χ0) is 19.0. The fraction of sp³-hybridized carbons (Fsp3) is 0. The lowest BCUT2D eigenvalue weighted by Gasteiger charge is -2.09. The van der Waals surface area contributed by atoms with Gasteiger partial charge in [0.2, 0.25) is 5.95 Å². The number of nitrogen functional groups attached to an aromatic ring is 1. The van der Waals surface area contributed by atoms with E-state index in [2.05, 4.69) is 30.6 Å². The molecule has 2 aromatic carbocycles. The molecule has 7 nitrogen and oxygen atoms in total. The highest BCUT2D eigenvalue weighted by Gasteiger charge is 2.16. The Morgan fingerprint density at radius 1 is 1.04 bits per heavy atom. The molecule has 9 heteroatoms. The Hall–Kier alpha value is -2.91. The number of nitrogens with two attached hydrogens (primary N) is 1. The quantitative estimate of drug-likeness (QED) is 0.469. The smallest absolute Gasteiger partial charge is 0.264 e. The third-order valence-corrected chi connectivity index (χ3v) is 5.79. The first kappa shape index (κ1) is 17.5. The number of hydrogen-bond acceptors (Lipinski definition) is 5. The van der Waals surface area contributed by atoms with Gasteiger partial charge in [-0.2, -0.15) is 4.98 Å². The van der Waals surface area contributed by atoms with E-state index in [4.69, 9.17) is 5.73 Å². The average molecular weight is 444 g/mol. The van der Waals surface area contributed by atoms with Gasteiger partial charge in [0.15, 0.2) is 0 Å². The van der Waals surface area contributed by atoms with E-state index in [9.17, 15) is 8.42 Å². The highest BCUT2D eigenvalue weighted by molar-refractivity contribution is 9.10. The largest absolute Gasteiger partial charge is 0.399 e. The molecule has 0 bridgehead atoms. The van der Waals surface area contributed by atoms with Gasteiger partial charge >= 0.3 is 0 Å². The molecule has 0 amide bonds. The zero-order valence-corrected chi connectivity index (χ0v) is 16.3. The third-order valence-electron chi connectivity index (χ3n) is 3.96. The summed E-state index contributed by atoms with van der Waals surface area (Å²) >= 11 is 3.45. The van der Waals surface area contributed by atoms with Crippen LogP contribution in [0.3, 0.4) is 0 Å². The van der Waals surface area contributed by atoms with E-state index in [0.29, 0.717) is 11.5 Å². The summed E-state index contributed by atoms with van der Waals surface area (Å²) in [5.41, 5.74) is 7.04. The maximum Gasteiger partial charge on any atom is 0.264 e. The van der Waals surface area contributed by atoms with Crippen molar-refractivity contribution in [2.45, 2.75) is 4.90 Å². The summed E-state index contributed by atoms with van der Waals surface area (Å²) in [6.07, 6.45) is 3.38. The maximum atomic E-state index is 12.5. The van der Waals surface area contributed by atoms with Crippen molar-refractivity contribution in [2.24, 2.45) is 0 Å². The first-order chi connectivity index (χ1) is 12.9. The van der Waals surface area contributed by atoms with Gasteiger partial charge in [-0.05, 0) is 54.6 Å². The molecule has 2 heterocycles. The maximum absolute atomic E-state index is 12.5. The van der Waals surface area contributed by atoms with Crippen molar-refractivity contribution < 1.29 is 8.42 Å². The summed E-state index contributed by atoms with van der Waals surface area (Å²) in [4.78, 5) is 8.45. The summed E-state index contributed by atoms with van der Waals surface area (Å²) in [6.45, 7) is 0. The monoisotopic (exact) mass is 443 g/mol. The molecule has 0 spiro atoms. The van der Waals surface area contributed by atoms with E-state index >= 15 is 0 Å². The number of halogens is 1. The minimum Gasteiger partial charge on any atom is -0.399 e. The molecule has 4 aromatic rings. The van der Waals surface area contributed by atoms with E-state index in [0.717, 1.165) is 15.4 Å². The fourth-order valence-electron chi connectivity index (χ4n) is 2.67. The van der Waals surface area contributed by atoms with E-state index in [1.165, 1.54) is 30.5 Å². The molecule has 3 N–H and O–H groups in total. The van der Waals surface area contributed by atoms with Crippen LogP contribution in [0.4, 0.5) is 11.6 Å². The molecule has 0 aliphatic carbocycles. The summed E-state index contributed by atoms with van der Waals surface area (Å²) in [6, 6.07) is 15.5. The van der Waals surface area contributed by atoms with Gasteiger partial charge in [0, 0.05) is 27.9 Å².